The van der Waals surface area contributed by atoms with Gasteiger partial charge < -0.3 is 19.7 Å². The summed E-state index contributed by atoms with van der Waals surface area (Å²) in [6.45, 7) is 2.12. The Morgan fingerprint density at radius 2 is 1.43 bits per heavy atom. The van der Waals surface area contributed by atoms with Crippen molar-refractivity contribution in [1.82, 2.24) is 0 Å². The molecule has 12 nitrogen and oxygen atoms in total. The van der Waals surface area contributed by atoms with Crippen LogP contribution in [0.4, 0.5) is 21.0 Å². The maximum atomic E-state index is 11.9. The molecule has 2 fully saturated rings. The highest BCUT2D eigenvalue weighted by molar-refractivity contribution is 5.92. The molecule has 3 aromatic rings. The van der Waals surface area contributed by atoms with Crippen LogP contribution in [-0.4, -0.2) is 38.5 Å². The van der Waals surface area contributed by atoms with E-state index in [0.717, 1.165) is 36.8 Å². The van der Waals surface area contributed by atoms with Gasteiger partial charge in [-0.25, -0.2) is 9.59 Å². The molecule has 44 heavy (non-hydrogen) atoms. The zero-order chi connectivity index (χ0) is 31.3. The Labute approximate surface area is 251 Å². The predicted molar refractivity (Wildman–Crippen MR) is 157 cm³/mol. The lowest BCUT2D eigenvalue weighted by molar-refractivity contribution is -0.385. The summed E-state index contributed by atoms with van der Waals surface area (Å²) in [4.78, 5) is 45.2. The van der Waals surface area contributed by atoms with Gasteiger partial charge in [0.25, 0.3) is 11.4 Å². The van der Waals surface area contributed by atoms with Crippen LogP contribution in [0.15, 0.2) is 54.6 Å². The topological polar surface area (TPSA) is 179 Å². The van der Waals surface area contributed by atoms with Crippen molar-refractivity contribution in [3.63, 3.8) is 0 Å². The Morgan fingerprint density at radius 3 is 1.98 bits per heavy atom. The molecule has 3 aliphatic carbocycles. The number of nitro benzene ring substituents is 2. The van der Waals surface area contributed by atoms with Crippen LogP contribution in [-0.2, 0) is 11.2 Å². The third kappa shape index (κ3) is 4.89. The lowest BCUT2D eigenvalue weighted by Gasteiger charge is -2.51. The van der Waals surface area contributed by atoms with Gasteiger partial charge in [-0.15, -0.1) is 0 Å². The number of benzene rings is 3. The van der Waals surface area contributed by atoms with Crippen molar-refractivity contribution in [3.8, 4) is 28.0 Å². The highest BCUT2D eigenvalue weighted by Gasteiger charge is 2.56. The van der Waals surface area contributed by atoms with Crippen molar-refractivity contribution in [2.75, 3.05) is 0 Å². The summed E-state index contributed by atoms with van der Waals surface area (Å²) >= 11 is 0. The van der Waals surface area contributed by atoms with Crippen LogP contribution in [0.1, 0.15) is 56.1 Å². The first-order chi connectivity index (χ1) is 21.0. The van der Waals surface area contributed by atoms with Crippen LogP contribution in [0, 0.1) is 37.5 Å². The molecule has 0 amide bonds. The molecule has 12 heteroatoms. The summed E-state index contributed by atoms with van der Waals surface area (Å²) in [5.41, 5.74) is 3.63. The fraction of sp³-hybridized carbons (Fsp3) is 0.375. The number of nitro groups is 2. The van der Waals surface area contributed by atoms with Gasteiger partial charge in [0.1, 0.15) is 11.9 Å². The predicted octanol–water partition coefficient (Wildman–Crippen LogP) is 7.81. The molecule has 0 spiro atoms. The normalized spacial score (nSPS) is 25.2. The molecule has 0 radical (unpaired) electrons. The minimum Gasteiger partial charge on any atom is -0.450 e. The fourth-order valence-corrected chi connectivity index (χ4v) is 8.26. The first-order valence-corrected chi connectivity index (χ1v) is 14.5. The van der Waals surface area contributed by atoms with E-state index in [4.69, 9.17) is 9.47 Å². The minimum absolute atomic E-state index is 0.0428. The van der Waals surface area contributed by atoms with E-state index in [9.17, 15) is 40.0 Å². The molecule has 3 aromatic carbocycles. The second-order valence-electron chi connectivity index (χ2n) is 12.1. The van der Waals surface area contributed by atoms with Crippen molar-refractivity contribution in [2.45, 2.75) is 57.5 Å². The molecular formula is C32H30N2O10. The Hall–Kier alpha value is -5.00. The number of carbonyl (C=O) groups is 2. The number of hydrogen-bond acceptors (Lipinski definition) is 8. The second-order valence-corrected chi connectivity index (χ2v) is 12.1. The van der Waals surface area contributed by atoms with E-state index in [-0.39, 0.29) is 46.4 Å². The summed E-state index contributed by atoms with van der Waals surface area (Å²) < 4.78 is 10.7. The molecule has 0 heterocycles. The third-order valence-electron chi connectivity index (χ3n) is 10.1. The molecule has 0 aliphatic heterocycles. The number of non-ortho nitro benzene ring substituents is 2. The Bertz CT molecular complexity index is 1670. The van der Waals surface area contributed by atoms with Crippen molar-refractivity contribution in [2.24, 2.45) is 17.3 Å². The Balaban J connectivity index is 1.56. The number of ether oxygens (including phenoxy) is 2. The number of fused-ring (bicyclic) bond motifs is 5. The first kappa shape index (κ1) is 29.1. The summed E-state index contributed by atoms with van der Waals surface area (Å²) in [6, 6.07) is 13.6. The summed E-state index contributed by atoms with van der Waals surface area (Å²) in [7, 11) is 0. The van der Waals surface area contributed by atoms with Crippen molar-refractivity contribution in [1.29, 1.82) is 0 Å². The van der Waals surface area contributed by atoms with Crippen LogP contribution in [0.3, 0.4) is 0 Å². The van der Waals surface area contributed by atoms with E-state index in [1.807, 2.05) is 0 Å². The SMILES string of the molecule is C[C@]12CC[C@@H]3c4c(cc(OC(=O)O)c(-c5ccc([N+](=O)[O-])cc5)c4-c4ccc([N+](=O)[O-])cc4)CC[C@H]3[C@@H]1CC[C@@H]2OC(=O)O. The summed E-state index contributed by atoms with van der Waals surface area (Å²) in [5.74, 6) is 0.534. The van der Waals surface area contributed by atoms with Gasteiger partial charge in [0, 0.05) is 35.2 Å². The van der Waals surface area contributed by atoms with E-state index in [0.29, 0.717) is 35.1 Å². The molecule has 3 aliphatic rings. The van der Waals surface area contributed by atoms with Gasteiger partial charge in [0.15, 0.2) is 0 Å². The van der Waals surface area contributed by atoms with E-state index in [2.05, 4.69) is 6.92 Å². The van der Waals surface area contributed by atoms with Crippen LogP contribution >= 0.6 is 0 Å². The van der Waals surface area contributed by atoms with Gasteiger partial charge in [-0.2, -0.15) is 0 Å². The number of aryl methyl sites for hydroxylation is 1. The maximum absolute atomic E-state index is 11.9. The Kier molecular flexibility index (Phi) is 7.22. The standard InChI is InChI=1S/C32H30N2O10/c1-32-15-14-23-22(24(32)12-13-26(32)44-31(37)38)11-6-19-16-25(43-30(35)36)28(17-2-7-20(8-3-17)33(39)40)29(27(19)23)18-4-9-21(10-5-18)34(41)42/h2-5,7-10,16,22-24,26H,6,11-15H2,1H3,(H,35,36)(H,37,38)/t22-,23+,24+,26+,32+/m1/s1. The van der Waals surface area contributed by atoms with E-state index in [1.54, 1.807) is 30.3 Å². The maximum Gasteiger partial charge on any atom is 0.511 e. The number of rotatable bonds is 6. The molecule has 0 saturated heterocycles. The lowest BCUT2D eigenvalue weighted by atomic mass is 9.54. The third-order valence-corrected chi connectivity index (χ3v) is 10.1. The van der Waals surface area contributed by atoms with Crippen molar-refractivity contribution in [3.05, 3.63) is 86.0 Å². The quantitative estimate of drug-likeness (QED) is 0.122. The lowest BCUT2D eigenvalue weighted by Crippen LogP contribution is -2.45. The zero-order valence-corrected chi connectivity index (χ0v) is 23.8. The van der Waals surface area contributed by atoms with E-state index >= 15 is 0 Å². The van der Waals surface area contributed by atoms with Crippen LogP contribution in [0.2, 0.25) is 0 Å². The average molecular weight is 603 g/mol. The van der Waals surface area contributed by atoms with Crippen molar-refractivity contribution >= 4 is 23.7 Å². The Morgan fingerprint density at radius 1 is 0.841 bits per heavy atom. The number of carboxylic acid groups (broad SMARTS) is 2. The first-order valence-electron chi connectivity index (χ1n) is 14.5. The highest BCUT2D eigenvalue weighted by Crippen LogP contribution is 2.63. The van der Waals surface area contributed by atoms with Gasteiger partial charge >= 0.3 is 12.3 Å². The molecule has 5 atom stereocenters. The zero-order valence-electron chi connectivity index (χ0n) is 23.8. The summed E-state index contributed by atoms with van der Waals surface area (Å²) in [5, 5.41) is 41.9. The second kappa shape index (κ2) is 10.9. The van der Waals surface area contributed by atoms with Gasteiger partial charge in [-0.3, -0.25) is 20.2 Å². The number of hydrogen-bond donors (Lipinski definition) is 2. The van der Waals surface area contributed by atoms with E-state index < -0.39 is 22.2 Å². The minimum atomic E-state index is -1.51. The summed E-state index contributed by atoms with van der Waals surface area (Å²) in [6.07, 6.45) is 1.23. The largest absolute Gasteiger partial charge is 0.511 e. The molecule has 0 aromatic heterocycles. The molecule has 6 rings (SSSR count). The molecule has 0 unspecified atom stereocenters. The fourth-order valence-electron chi connectivity index (χ4n) is 8.26. The molecule has 2 saturated carbocycles. The van der Waals surface area contributed by atoms with E-state index in [1.165, 1.54) is 24.3 Å². The highest BCUT2D eigenvalue weighted by atomic mass is 16.7. The van der Waals surface area contributed by atoms with Gasteiger partial charge in [0.05, 0.1) is 9.85 Å². The van der Waals surface area contributed by atoms with Crippen LogP contribution in [0.25, 0.3) is 22.3 Å². The smallest absolute Gasteiger partial charge is 0.450 e. The average Bonchev–Trinajstić information content (AvgIpc) is 3.31. The monoisotopic (exact) mass is 602 g/mol. The molecular weight excluding hydrogens is 572 g/mol. The van der Waals surface area contributed by atoms with Gasteiger partial charge in [-0.1, -0.05) is 6.92 Å². The molecule has 2 N–H and O–H groups in total. The molecule has 0 bridgehead atoms. The van der Waals surface area contributed by atoms with Crippen molar-refractivity contribution < 1.29 is 39.1 Å². The van der Waals surface area contributed by atoms with Crippen LogP contribution in [0.5, 0.6) is 5.75 Å². The van der Waals surface area contributed by atoms with Gasteiger partial charge in [-0.05, 0) is 114 Å². The number of nitrogens with zero attached hydrogens (tertiary/aromatic N) is 2. The molecule has 228 valence electrons. The van der Waals surface area contributed by atoms with Gasteiger partial charge in [0.2, 0.25) is 0 Å². The van der Waals surface area contributed by atoms with Crippen LogP contribution < -0.4 is 4.74 Å².